The molecule has 0 aliphatic rings. The number of hydrogen-bond acceptors (Lipinski definition) is 2. The molecule has 9 aromatic rings. The van der Waals surface area contributed by atoms with E-state index in [1.807, 2.05) is 0 Å². The Hall–Kier alpha value is -6.38. The molecule has 0 amide bonds. The normalized spacial score (nSPS) is 11.3. The molecule has 48 heavy (non-hydrogen) atoms. The van der Waals surface area contributed by atoms with E-state index in [-0.39, 0.29) is 0 Å². The van der Waals surface area contributed by atoms with Gasteiger partial charge in [0, 0.05) is 32.6 Å². The summed E-state index contributed by atoms with van der Waals surface area (Å²) < 4.78 is 0. The van der Waals surface area contributed by atoms with Crippen LogP contribution in [0.15, 0.2) is 194 Å². The molecule has 0 N–H and O–H groups in total. The smallest absolute Gasteiger partial charge is 0.0542 e. The van der Waals surface area contributed by atoms with Crippen LogP contribution in [0.4, 0.5) is 34.1 Å². The van der Waals surface area contributed by atoms with E-state index >= 15 is 0 Å². The third kappa shape index (κ3) is 4.66. The van der Waals surface area contributed by atoms with Crippen molar-refractivity contribution in [1.29, 1.82) is 0 Å². The Morgan fingerprint density at radius 1 is 0.208 bits per heavy atom. The molecule has 0 aliphatic heterocycles. The molecule has 0 bridgehead atoms. The second-order valence-corrected chi connectivity index (χ2v) is 12.2. The monoisotopic (exact) mass is 612 g/mol. The zero-order valence-electron chi connectivity index (χ0n) is 26.4. The van der Waals surface area contributed by atoms with Gasteiger partial charge in [0.05, 0.1) is 28.4 Å². The molecule has 0 atom stereocenters. The molecule has 0 fully saturated rings. The van der Waals surface area contributed by atoms with Gasteiger partial charge in [0.2, 0.25) is 0 Å². The fourth-order valence-corrected chi connectivity index (χ4v) is 7.24. The molecule has 0 saturated heterocycles. The number of para-hydroxylation sites is 1. The van der Waals surface area contributed by atoms with Crippen LogP contribution >= 0.6 is 0 Å². The van der Waals surface area contributed by atoms with E-state index in [1.165, 1.54) is 43.1 Å². The summed E-state index contributed by atoms with van der Waals surface area (Å²) >= 11 is 0. The van der Waals surface area contributed by atoms with Crippen molar-refractivity contribution in [1.82, 2.24) is 0 Å². The first-order valence-corrected chi connectivity index (χ1v) is 16.5. The summed E-state index contributed by atoms with van der Waals surface area (Å²) in [6.45, 7) is 0. The average molecular weight is 613 g/mol. The van der Waals surface area contributed by atoms with Crippen molar-refractivity contribution in [3.8, 4) is 0 Å². The Morgan fingerprint density at radius 2 is 0.521 bits per heavy atom. The molecule has 9 aromatic carbocycles. The highest BCUT2D eigenvalue weighted by Crippen LogP contribution is 2.48. The first kappa shape index (κ1) is 27.9. The minimum Gasteiger partial charge on any atom is -0.309 e. The molecule has 0 heterocycles. The summed E-state index contributed by atoms with van der Waals surface area (Å²) in [5, 5.41) is 9.64. The summed E-state index contributed by atoms with van der Waals surface area (Å²) in [7, 11) is 0. The Morgan fingerprint density at radius 3 is 0.979 bits per heavy atom. The summed E-state index contributed by atoms with van der Waals surface area (Å²) in [5.41, 5.74) is 6.83. The van der Waals surface area contributed by atoms with Crippen LogP contribution in [-0.4, -0.2) is 0 Å². The lowest BCUT2D eigenvalue weighted by Gasteiger charge is -2.32. The maximum absolute atomic E-state index is 2.46. The van der Waals surface area contributed by atoms with Gasteiger partial charge in [-0.2, -0.15) is 0 Å². The van der Waals surface area contributed by atoms with Crippen LogP contribution in [0.5, 0.6) is 0 Å². The van der Waals surface area contributed by atoms with Crippen molar-refractivity contribution in [3.05, 3.63) is 194 Å². The largest absolute Gasteiger partial charge is 0.309 e. The van der Waals surface area contributed by atoms with Gasteiger partial charge in [0.15, 0.2) is 0 Å². The van der Waals surface area contributed by atoms with E-state index in [4.69, 9.17) is 0 Å². The predicted molar refractivity (Wildman–Crippen MR) is 206 cm³/mol. The highest BCUT2D eigenvalue weighted by molar-refractivity contribution is 6.13. The molecule has 9 rings (SSSR count). The molecular weight excluding hydrogens is 581 g/mol. The third-order valence-corrected chi connectivity index (χ3v) is 9.40. The standard InChI is InChI=1S/C46H32N2/c1-2-21-36(22-3-1)47(42-28-12-18-33-15-4-7-23-37(33)42)45-31-32-46(41-27-11-10-26-40(41)45)48(43-29-13-19-34-16-5-8-24-38(34)43)44-30-14-20-35-17-6-9-25-39(35)44/h1-32H. The Bertz CT molecular complexity index is 2490. The van der Waals surface area contributed by atoms with E-state index < -0.39 is 0 Å². The highest BCUT2D eigenvalue weighted by atomic mass is 15.2. The van der Waals surface area contributed by atoms with Crippen molar-refractivity contribution in [3.63, 3.8) is 0 Å². The van der Waals surface area contributed by atoms with Crippen molar-refractivity contribution >= 4 is 77.2 Å². The second-order valence-electron chi connectivity index (χ2n) is 12.2. The maximum atomic E-state index is 2.46. The lowest BCUT2D eigenvalue weighted by molar-refractivity contribution is 1.30. The van der Waals surface area contributed by atoms with Gasteiger partial charge >= 0.3 is 0 Å². The number of anilines is 6. The van der Waals surface area contributed by atoms with E-state index in [9.17, 15) is 0 Å². The Labute approximate surface area is 280 Å². The lowest BCUT2D eigenvalue weighted by atomic mass is 9.99. The first-order valence-electron chi connectivity index (χ1n) is 16.5. The fraction of sp³-hybridized carbons (Fsp3) is 0. The van der Waals surface area contributed by atoms with Crippen LogP contribution in [0.25, 0.3) is 43.1 Å². The van der Waals surface area contributed by atoms with Crippen molar-refractivity contribution in [2.24, 2.45) is 0 Å². The molecule has 226 valence electrons. The van der Waals surface area contributed by atoms with E-state index in [1.54, 1.807) is 0 Å². The van der Waals surface area contributed by atoms with Gasteiger partial charge in [-0.3, -0.25) is 0 Å². The number of nitrogens with zero attached hydrogens (tertiary/aromatic N) is 2. The summed E-state index contributed by atoms with van der Waals surface area (Å²) in [6.07, 6.45) is 0. The molecule has 0 unspecified atom stereocenters. The summed E-state index contributed by atoms with van der Waals surface area (Å²) in [6, 6.07) is 70.0. The third-order valence-electron chi connectivity index (χ3n) is 9.40. The quantitative estimate of drug-likeness (QED) is 0.184. The zero-order chi connectivity index (χ0) is 31.9. The molecule has 0 spiro atoms. The summed E-state index contributed by atoms with van der Waals surface area (Å²) in [4.78, 5) is 4.87. The number of hydrogen-bond donors (Lipinski definition) is 0. The molecule has 0 aliphatic carbocycles. The van der Waals surface area contributed by atoms with Crippen LogP contribution in [0.3, 0.4) is 0 Å². The minimum atomic E-state index is 1.12. The topological polar surface area (TPSA) is 6.48 Å². The molecule has 0 saturated carbocycles. The SMILES string of the molecule is c1ccc(N(c2cccc3ccccc23)c2ccc(N(c3cccc4ccccc34)c3cccc4ccccc34)c3ccccc23)cc1. The molecule has 0 radical (unpaired) electrons. The second kappa shape index (κ2) is 11.8. The molecule has 0 aromatic heterocycles. The van der Waals surface area contributed by atoms with Crippen molar-refractivity contribution < 1.29 is 0 Å². The van der Waals surface area contributed by atoms with Gasteiger partial charge in [-0.15, -0.1) is 0 Å². The Kier molecular flexibility index (Phi) is 6.84. The van der Waals surface area contributed by atoms with E-state index in [2.05, 4.69) is 204 Å². The van der Waals surface area contributed by atoms with Crippen LogP contribution in [0, 0.1) is 0 Å². The Balaban J connectivity index is 1.35. The fourth-order valence-electron chi connectivity index (χ4n) is 7.24. The highest BCUT2D eigenvalue weighted by Gasteiger charge is 2.23. The average Bonchev–Trinajstić information content (AvgIpc) is 3.16. The molecular formula is C46H32N2. The number of rotatable bonds is 6. The van der Waals surface area contributed by atoms with E-state index in [0.717, 1.165) is 34.1 Å². The van der Waals surface area contributed by atoms with Crippen LogP contribution in [0.1, 0.15) is 0 Å². The van der Waals surface area contributed by atoms with Gasteiger partial charge in [0.25, 0.3) is 0 Å². The van der Waals surface area contributed by atoms with E-state index in [0.29, 0.717) is 0 Å². The maximum Gasteiger partial charge on any atom is 0.0542 e. The zero-order valence-corrected chi connectivity index (χ0v) is 26.4. The minimum absolute atomic E-state index is 1.12. The number of fused-ring (bicyclic) bond motifs is 4. The van der Waals surface area contributed by atoms with Crippen molar-refractivity contribution in [2.45, 2.75) is 0 Å². The van der Waals surface area contributed by atoms with Gasteiger partial charge in [-0.05, 0) is 58.6 Å². The molecule has 2 nitrogen and oxygen atoms in total. The van der Waals surface area contributed by atoms with Crippen LogP contribution in [0.2, 0.25) is 0 Å². The van der Waals surface area contributed by atoms with Gasteiger partial charge in [-0.1, -0.05) is 152 Å². The molecule has 2 heteroatoms. The lowest BCUT2D eigenvalue weighted by Crippen LogP contribution is -2.14. The van der Waals surface area contributed by atoms with Crippen molar-refractivity contribution in [2.75, 3.05) is 9.80 Å². The first-order chi connectivity index (χ1) is 23.8. The van der Waals surface area contributed by atoms with Gasteiger partial charge in [0.1, 0.15) is 0 Å². The van der Waals surface area contributed by atoms with Gasteiger partial charge < -0.3 is 9.80 Å². The van der Waals surface area contributed by atoms with Gasteiger partial charge in [-0.25, -0.2) is 0 Å². The predicted octanol–water partition coefficient (Wildman–Crippen LogP) is 13.2. The number of benzene rings is 9. The van der Waals surface area contributed by atoms with Crippen LogP contribution < -0.4 is 9.80 Å². The van der Waals surface area contributed by atoms with Crippen LogP contribution in [-0.2, 0) is 0 Å². The summed E-state index contributed by atoms with van der Waals surface area (Å²) in [5.74, 6) is 0.